The van der Waals surface area contributed by atoms with Crippen LogP contribution in [-0.4, -0.2) is 103 Å². The number of thioether (sulfide) groups is 1. The van der Waals surface area contributed by atoms with Gasteiger partial charge in [0, 0.05) is 61.0 Å². The number of halogens is 1. The van der Waals surface area contributed by atoms with Crippen LogP contribution in [0.25, 0.3) is 11.3 Å². The third kappa shape index (κ3) is 6.07. The van der Waals surface area contributed by atoms with Crippen LogP contribution in [0.4, 0.5) is 4.39 Å². The van der Waals surface area contributed by atoms with Crippen LogP contribution in [0, 0.1) is 0 Å². The van der Waals surface area contributed by atoms with Gasteiger partial charge in [-0.1, -0.05) is 24.6 Å². The fraction of sp³-hybridized carbons (Fsp3) is 0.615. The highest BCUT2D eigenvalue weighted by molar-refractivity contribution is 7.98. The topological polar surface area (TPSA) is 64.7 Å². The van der Waals surface area contributed by atoms with Crippen molar-refractivity contribution in [3.05, 3.63) is 35.5 Å². The van der Waals surface area contributed by atoms with Gasteiger partial charge in [0.05, 0.1) is 18.9 Å². The Kier molecular flexibility index (Phi) is 8.39. The number of amides is 1. The molecule has 0 radical (unpaired) electrons. The van der Waals surface area contributed by atoms with Crippen molar-refractivity contribution < 1.29 is 13.9 Å². The Labute approximate surface area is 211 Å². The van der Waals surface area contributed by atoms with Crippen LogP contribution in [0.5, 0.6) is 0 Å². The number of H-pyrrole nitrogens is 1. The number of aromatic nitrogens is 2. The van der Waals surface area contributed by atoms with E-state index in [1.165, 1.54) is 37.2 Å². The van der Waals surface area contributed by atoms with E-state index in [1.54, 1.807) is 11.8 Å². The highest BCUT2D eigenvalue weighted by Gasteiger charge is 2.28. The van der Waals surface area contributed by atoms with Crippen molar-refractivity contribution in [1.29, 1.82) is 0 Å². The first kappa shape index (κ1) is 24.7. The van der Waals surface area contributed by atoms with E-state index >= 15 is 0 Å². The maximum atomic E-state index is 12.9. The molecule has 1 amide bonds. The second-order valence-corrected chi connectivity index (χ2v) is 10.7. The molecule has 1 aromatic carbocycles. The molecule has 0 unspecified atom stereocenters. The van der Waals surface area contributed by atoms with Crippen LogP contribution in [0.3, 0.4) is 0 Å². The molecule has 9 heteroatoms. The van der Waals surface area contributed by atoms with E-state index in [0.717, 1.165) is 48.6 Å². The largest absolute Gasteiger partial charge is 0.378 e. The highest BCUT2D eigenvalue weighted by atomic mass is 32.2. The van der Waals surface area contributed by atoms with Crippen molar-refractivity contribution in [2.24, 2.45) is 0 Å². The van der Waals surface area contributed by atoms with Crippen LogP contribution >= 0.6 is 11.8 Å². The van der Waals surface area contributed by atoms with E-state index in [4.69, 9.17) is 4.74 Å². The Hall–Kier alpha value is -1.94. The Morgan fingerprint density at radius 3 is 2.60 bits per heavy atom. The number of carbonyl (C=O) groups is 1. The summed E-state index contributed by atoms with van der Waals surface area (Å²) in [6, 6.07) is 8.20. The third-order valence-corrected chi connectivity index (χ3v) is 8.39. The van der Waals surface area contributed by atoms with Gasteiger partial charge in [-0.25, -0.2) is 4.39 Å². The number of fused-ring (bicyclic) bond motifs is 3. The maximum Gasteiger partial charge on any atom is 0.272 e. The van der Waals surface area contributed by atoms with Gasteiger partial charge in [0.1, 0.15) is 11.9 Å². The number of morpholine rings is 1. The van der Waals surface area contributed by atoms with Crippen molar-refractivity contribution in [2.45, 2.75) is 42.5 Å². The van der Waals surface area contributed by atoms with Gasteiger partial charge in [-0.15, -0.1) is 11.8 Å². The molecule has 1 N–H and O–H groups in total. The van der Waals surface area contributed by atoms with E-state index in [-0.39, 0.29) is 5.91 Å². The first-order valence-electron chi connectivity index (χ1n) is 12.9. The molecule has 3 saturated heterocycles. The molecule has 7 nitrogen and oxygen atoms in total. The van der Waals surface area contributed by atoms with E-state index in [9.17, 15) is 9.18 Å². The molecule has 0 saturated carbocycles. The molecule has 4 aliphatic heterocycles. The molecule has 6 rings (SSSR count). The first-order valence-corrected chi connectivity index (χ1v) is 13.9. The average molecular weight is 502 g/mol. The summed E-state index contributed by atoms with van der Waals surface area (Å²) in [4.78, 5) is 20.5. The minimum absolute atomic E-state index is 0.0343. The van der Waals surface area contributed by atoms with Crippen molar-refractivity contribution in [1.82, 2.24) is 24.9 Å². The van der Waals surface area contributed by atoms with Crippen LogP contribution in [-0.2, 0) is 10.5 Å². The number of rotatable bonds is 4. The van der Waals surface area contributed by atoms with Crippen molar-refractivity contribution in [3.8, 4) is 11.3 Å². The monoisotopic (exact) mass is 501 g/mol. The number of nitrogens with zero attached hydrogens (tertiary/aromatic N) is 4. The van der Waals surface area contributed by atoms with Gasteiger partial charge in [0.25, 0.3) is 5.91 Å². The van der Waals surface area contributed by atoms with E-state index in [0.29, 0.717) is 38.5 Å². The quantitative estimate of drug-likeness (QED) is 0.690. The summed E-state index contributed by atoms with van der Waals surface area (Å²) in [6.45, 7) is 8.89. The maximum absolute atomic E-state index is 12.9. The summed E-state index contributed by atoms with van der Waals surface area (Å²) < 4.78 is 18.2. The van der Waals surface area contributed by atoms with Crippen LogP contribution in [0.1, 0.15) is 41.7 Å². The molecule has 1 aromatic heterocycles. The van der Waals surface area contributed by atoms with Gasteiger partial charge in [-0.05, 0) is 38.4 Å². The van der Waals surface area contributed by atoms with Gasteiger partial charge in [-0.3, -0.25) is 14.8 Å². The Balaban J connectivity index is 0.000000158. The molecule has 190 valence electrons. The number of carbonyl (C=O) groups excluding carboxylic acids is 1. The van der Waals surface area contributed by atoms with Crippen LogP contribution < -0.4 is 0 Å². The Morgan fingerprint density at radius 2 is 1.83 bits per heavy atom. The number of nitrogens with one attached hydrogen (secondary N) is 1. The van der Waals surface area contributed by atoms with Gasteiger partial charge < -0.3 is 14.5 Å². The zero-order valence-electron chi connectivity index (χ0n) is 20.4. The predicted molar refractivity (Wildman–Crippen MR) is 137 cm³/mol. The minimum atomic E-state index is -0.559. The minimum Gasteiger partial charge on any atom is -0.378 e. The predicted octanol–water partition coefficient (Wildman–Crippen LogP) is 3.67. The molecular formula is C26H36FN5O2S. The van der Waals surface area contributed by atoms with Gasteiger partial charge in [0.15, 0.2) is 0 Å². The lowest BCUT2D eigenvalue weighted by molar-refractivity contribution is 0.0298. The molecular weight excluding hydrogens is 465 g/mol. The average Bonchev–Trinajstić information content (AvgIpc) is 3.55. The van der Waals surface area contributed by atoms with Gasteiger partial charge in [-0.2, -0.15) is 5.10 Å². The molecule has 35 heavy (non-hydrogen) atoms. The number of piperidine rings is 1. The summed E-state index contributed by atoms with van der Waals surface area (Å²) in [6.07, 6.45) is 4.29. The number of alkyl halides is 1. The molecule has 0 spiro atoms. The molecule has 0 bridgehead atoms. The fourth-order valence-corrected chi connectivity index (χ4v) is 6.30. The summed E-state index contributed by atoms with van der Waals surface area (Å²) in [5.41, 5.74) is 3.69. The summed E-state index contributed by atoms with van der Waals surface area (Å²) >= 11 is 1.76. The molecule has 4 aliphatic rings. The zero-order chi connectivity index (χ0) is 24.0. The standard InChI is InChI=1S/C15H15N3O2S.C11H21FN2/c19-15(18-5-7-20-8-6-18)14-11-9-21-12-4-2-1-3-10(12)13(11)16-17-14;12-11-4-7-14(10-11)9-8-13-5-2-1-3-6-13/h1-4H,5-9H2,(H,16,17);11H,1-10H2/t;11-/m.1/s1. The van der Waals surface area contributed by atoms with Crippen LogP contribution in [0.2, 0.25) is 0 Å². The number of benzene rings is 1. The lowest BCUT2D eigenvalue weighted by Gasteiger charge is -2.28. The Morgan fingerprint density at radius 1 is 1.06 bits per heavy atom. The van der Waals surface area contributed by atoms with E-state index < -0.39 is 6.17 Å². The fourth-order valence-electron chi connectivity index (χ4n) is 5.22. The third-order valence-electron chi connectivity index (χ3n) is 7.29. The number of ether oxygens (including phenoxy) is 1. The van der Waals surface area contributed by atoms with Crippen molar-refractivity contribution >= 4 is 17.7 Å². The highest BCUT2D eigenvalue weighted by Crippen LogP contribution is 2.41. The summed E-state index contributed by atoms with van der Waals surface area (Å²) in [5, 5.41) is 7.36. The summed E-state index contributed by atoms with van der Waals surface area (Å²) in [5.74, 6) is 0.820. The lowest BCUT2D eigenvalue weighted by Crippen LogP contribution is -2.41. The Bertz CT molecular complexity index is 985. The van der Waals surface area contributed by atoms with Crippen molar-refractivity contribution in [3.63, 3.8) is 0 Å². The summed E-state index contributed by atoms with van der Waals surface area (Å²) in [7, 11) is 0. The lowest BCUT2D eigenvalue weighted by atomic mass is 10.1. The number of likely N-dealkylation sites (tertiary alicyclic amines) is 2. The second-order valence-electron chi connectivity index (χ2n) is 9.70. The van der Waals surface area contributed by atoms with Gasteiger partial charge in [0.2, 0.25) is 0 Å². The second kappa shape index (κ2) is 11.9. The van der Waals surface area contributed by atoms with Crippen molar-refractivity contribution in [2.75, 3.05) is 65.6 Å². The number of aromatic amines is 1. The molecule has 0 aliphatic carbocycles. The zero-order valence-corrected chi connectivity index (χ0v) is 21.2. The molecule has 1 atom stereocenters. The number of hydrogen-bond acceptors (Lipinski definition) is 6. The molecule has 3 fully saturated rings. The van der Waals surface area contributed by atoms with Crippen LogP contribution in [0.15, 0.2) is 29.2 Å². The van der Waals surface area contributed by atoms with E-state index in [2.05, 4.69) is 32.1 Å². The number of hydrogen-bond donors (Lipinski definition) is 1. The molecule has 2 aromatic rings. The normalized spacial score (nSPS) is 22.8. The SMILES string of the molecule is F[C@@H]1CCN(CCN2CCCCC2)C1.O=C(c1[nH]nc2c1CSc1ccccc1-2)N1CCOCC1. The van der Waals surface area contributed by atoms with Gasteiger partial charge >= 0.3 is 0 Å². The first-order chi connectivity index (χ1) is 17.2. The van der Waals surface area contributed by atoms with E-state index in [1.807, 2.05) is 17.0 Å². The molecule has 5 heterocycles. The smallest absolute Gasteiger partial charge is 0.272 e.